The lowest BCUT2D eigenvalue weighted by Gasteiger charge is -2.13. The average Bonchev–Trinajstić information content (AvgIpc) is 2.01. The van der Waals surface area contributed by atoms with E-state index in [1.807, 2.05) is 0 Å². The predicted octanol–water partition coefficient (Wildman–Crippen LogP) is -1.71. The van der Waals surface area contributed by atoms with Crippen molar-refractivity contribution in [3.05, 3.63) is 0 Å². The first-order valence-corrected chi connectivity index (χ1v) is 3.51. The zero-order valence-electron chi connectivity index (χ0n) is 6.71. The van der Waals surface area contributed by atoms with Crippen LogP contribution in [0.4, 0.5) is 0 Å². The van der Waals surface area contributed by atoms with Gasteiger partial charge in [-0.05, 0) is 0 Å². The van der Waals surface area contributed by atoms with Crippen molar-refractivity contribution >= 4 is 5.91 Å². The van der Waals surface area contributed by atoms with Crippen molar-refractivity contribution in [2.45, 2.75) is 6.42 Å². The lowest BCUT2D eigenvalue weighted by atomic mass is 10.4. The molecule has 0 saturated heterocycles. The van der Waals surface area contributed by atoms with E-state index in [0.717, 1.165) is 0 Å². The summed E-state index contributed by atoms with van der Waals surface area (Å²) in [5, 5.41) is 12.3. The second-order valence-electron chi connectivity index (χ2n) is 2.18. The van der Waals surface area contributed by atoms with Gasteiger partial charge < -0.3 is 10.4 Å². The fourth-order valence-corrected chi connectivity index (χ4v) is 0.610. The molecular formula is C6H15N3O2. The van der Waals surface area contributed by atoms with Crippen LogP contribution < -0.4 is 11.2 Å². The fraction of sp³-hybridized carbons (Fsp3) is 0.833. The van der Waals surface area contributed by atoms with Crippen LogP contribution >= 0.6 is 0 Å². The number of aliphatic hydroxyl groups excluding tert-OH is 1. The van der Waals surface area contributed by atoms with Gasteiger partial charge in [0, 0.05) is 26.6 Å². The van der Waals surface area contributed by atoms with Crippen molar-refractivity contribution in [3.8, 4) is 0 Å². The Morgan fingerprint density at radius 3 is 2.73 bits per heavy atom. The summed E-state index contributed by atoms with van der Waals surface area (Å²) in [5.74, 6) is 5.34. The summed E-state index contributed by atoms with van der Waals surface area (Å²) in [6.45, 7) is 0.890. The topological polar surface area (TPSA) is 78.6 Å². The molecule has 0 aromatic rings. The molecule has 0 aliphatic carbocycles. The zero-order chi connectivity index (χ0) is 8.69. The Kier molecular flexibility index (Phi) is 5.73. The number of amides is 1. The van der Waals surface area contributed by atoms with Gasteiger partial charge in [0.2, 0.25) is 5.91 Å². The van der Waals surface area contributed by atoms with Crippen LogP contribution in [-0.4, -0.2) is 42.8 Å². The molecule has 11 heavy (non-hydrogen) atoms. The first-order valence-electron chi connectivity index (χ1n) is 3.51. The number of nitrogens with one attached hydrogen (secondary N) is 1. The molecule has 0 aromatic carbocycles. The number of hydrogen-bond donors (Lipinski definition) is 3. The monoisotopic (exact) mass is 161 g/mol. The van der Waals surface area contributed by atoms with Crippen LogP contribution in [0.2, 0.25) is 0 Å². The Morgan fingerprint density at radius 1 is 1.64 bits per heavy atom. The van der Waals surface area contributed by atoms with Crippen LogP contribution in [0.15, 0.2) is 0 Å². The third-order valence-corrected chi connectivity index (χ3v) is 1.29. The molecule has 0 fully saturated rings. The Balaban J connectivity index is 3.29. The Labute approximate surface area is 66.1 Å². The SMILES string of the molecule is CNC(=O)CCN(N)CCO. The molecule has 5 nitrogen and oxygen atoms in total. The van der Waals surface area contributed by atoms with E-state index in [9.17, 15) is 4.79 Å². The normalized spacial score (nSPS) is 10.2. The molecule has 0 heterocycles. The van der Waals surface area contributed by atoms with Crippen LogP contribution in [-0.2, 0) is 4.79 Å². The van der Waals surface area contributed by atoms with E-state index in [1.54, 1.807) is 7.05 Å². The number of carbonyl (C=O) groups excluding carboxylic acids is 1. The van der Waals surface area contributed by atoms with Crippen LogP contribution in [0.1, 0.15) is 6.42 Å². The quantitative estimate of drug-likeness (QED) is 0.331. The minimum absolute atomic E-state index is 0.0181. The Bertz CT molecular complexity index is 118. The van der Waals surface area contributed by atoms with Crippen molar-refractivity contribution in [1.82, 2.24) is 10.3 Å². The number of rotatable bonds is 5. The maximum absolute atomic E-state index is 10.7. The molecule has 0 bridgehead atoms. The van der Waals surface area contributed by atoms with Gasteiger partial charge in [-0.1, -0.05) is 0 Å². The first-order chi connectivity index (χ1) is 5.20. The van der Waals surface area contributed by atoms with Gasteiger partial charge in [0.05, 0.1) is 6.61 Å². The van der Waals surface area contributed by atoms with E-state index in [0.29, 0.717) is 19.5 Å². The molecular weight excluding hydrogens is 146 g/mol. The highest BCUT2D eigenvalue weighted by molar-refractivity contribution is 5.75. The Hall–Kier alpha value is -0.650. The van der Waals surface area contributed by atoms with Crippen LogP contribution in [0.3, 0.4) is 0 Å². The maximum atomic E-state index is 10.7. The average molecular weight is 161 g/mol. The minimum Gasteiger partial charge on any atom is -0.395 e. The highest BCUT2D eigenvalue weighted by Crippen LogP contribution is 1.82. The standard InChI is InChI=1S/C6H15N3O2/c1-8-6(11)2-3-9(7)4-5-10/h10H,2-5,7H2,1H3,(H,8,11). The largest absolute Gasteiger partial charge is 0.395 e. The molecule has 0 spiro atoms. The molecule has 0 radical (unpaired) electrons. The van der Waals surface area contributed by atoms with E-state index < -0.39 is 0 Å². The van der Waals surface area contributed by atoms with Gasteiger partial charge >= 0.3 is 0 Å². The van der Waals surface area contributed by atoms with Crippen LogP contribution in [0.5, 0.6) is 0 Å². The summed E-state index contributed by atoms with van der Waals surface area (Å²) in [6, 6.07) is 0. The van der Waals surface area contributed by atoms with E-state index in [4.69, 9.17) is 10.9 Å². The molecule has 5 heteroatoms. The molecule has 0 aromatic heterocycles. The number of hydrazine groups is 1. The van der Waals surface area contributed by atoms with Gasteiger partial charge in [-0.25, -0.2) is 5.01 Å². The molecule has 0 atom stereocenters. The third kappa shape index (κ3) is 5.78. The smallest absolute Gasteiger partial charge is 0.221 e. The molecule has 0 aliphatic rings. The summed E-state index contributed by atoms with van der Waals surface area (Å²) < 4.78 is 0. The van der Waals surface area contributed by atoms with Crippen LogP contribution in [0.25, 0.3) is 0 Å². The maximum Gasteiger partial charge on any atom is 0.221 e. The predicted molar refractivity (Wildman–Crippen MR) is 41.5 cm³/mol. The molecule has 0 unspecified atom stereocenters. The number of carbonyl (C=O) groups is 1. The molecule has 66 valence electrons. The van der Waals surface area contributed by atoms with Gasteiger partial charge in [-0.3, -0.25) is 10.6 Å². The van der Waals surface area contributed by atoms with Crippen molar-refractivity contribution in [1.29, 1.82) is 0 Å². The number of nitrogens with zero attached hydrogens (tertiary/aromatic N) is 1. The van der Waals surface area contributed by atoms with Crippen molar-refractivity contribution in [2.24, 2.45) is 5.84 Å². The molecule has 0 saturated carbocycles. The summed E-state index contributed by atoms with van der Waals surface area (Å²) in [6.07, 6.45) is 0.368. The van der Waals surface area contributed by atoms with Gasteiger partial charge in [0.25, 0.3) is 0 Å². The van der Waals surface area contributed by atoms with Crippen LogP contribution in [0, 0.1) is 0 Å². The fourth-order valence-electron chi connectivity index (χ4n) is 0.610. The van der Waals surface area contributed by atoms with Gasteiger partial charge in [0.15, 0.2) is 0 Å². The second-order valence-corrected chi connectivity index (χ2v) is 2.18. The highest BCUT2D eigenvalue weighted by atomic mass is 16.3. The highest BCUT2D eigenvalue weighted by Gasteiger charge is 2.01. The van der Waals surface area contributed by atoms with E-state index in [2.05, 4.69) is 5.32 Å². The lowest BCUT2D eigenvalue weighted by molar-refractivity contribution is -0.121. The lowest BCUT2D eigenvalue weighted by Crippen LogP contribution is -2.36. The van der Waals surface area contributed by atoms with Gasteiger partial charge in [-0.15, -0.1) is 0 Å². The van der Waals surface area contributed by atoms with Crippen molar-refractivity contribution < 1.29 is 9.90 Å². The summed E-state index contributed by atoms with van der Waals surface area (Å²) >= 11 is 0. The number of hydrogen-bond acceptors (Lipinski definition) is 4. The summed E-state index contributed by atoms with van der Waals surface area (Å²) in [7, 11) is 1.58. The van der Waals surface area contributed by atoms with E-state index in [1.165, 1.54) is 5.01 Å². The molecule has 0 rings (SSSR count). The number of nitrogens with two attached hydrogens (primary N) is 1. The molecule has 0 aliphatic heterocycles. The van der Waals surface area contributed by atoms with E-state index >= 15 is 0 Å². The molecule has 1 amide bonds. The van der Waals surface area contributed by atoms with Crippen molar-refractivity contribution in [2.75, 3.05) is 26.7 Å². The summed E-state index contributed by atoms with van der Waals surface area (Å²) in [5.41, 5.74) is 0. The van der Waals surface area contributed by atoms with E-state index in [-0.39, 0.29) is 12.5 Å². The zero-order valence-corrected chi connectivity index (χ0v) is 6.71. The second kappa shape index (κ2) is 6.09. The third-order valence-electron chi connectivity index (χ3n) is 1.29. The van der Waals surface area contributed by atoms with Gasteiger partial charge in [0.1, 0.15) is 0 Å². The van der Waals surface area contributed by atoms with Crippen molar-refractivity contribution in [3.63, 3.8) is 0 Å². The summed E-state index contributed by atoms with van der Waals surface area (Å²) in [4.78, 5) is 10.7. The Morgan fingerprint density at radius 2 is 2.27 bits per heavy atom. The molecule has 4 N–H and O–H groups in total. The number of aliphatic hydroxyl groups is 1. The minimum atomic E-state index is -0.0432. The van der Waals surface area contributed by atoms with Gasteiger partial charge in [-0.2, -0.15) is 0 Å². The first kappa shape index (κ1) is 10.3.